The maximum Gasteiger partial charge on any atom is 0.228 e. The Morgan fingerprint density at radius 3 is 2.57 bits per heavy atom. The van der Waals surface area contributed by atoms with E-state index in [9.17, 15) is 23.8 Å². The molecule has 0 saturated heterocycles. The second-order valence-electron chi connectivity index (χ2n) is 4.48. The minimum absolute atomic E-state index is 0.0163. The molecule has 0 atom stereocenters. The summed E-state index contributed by atoms with van der Waals surface area (Å²) in [6.07, 6.45) is 0. The van der Waals surface area contributed by atoms with E-state index in [2.05, 4.69) is 0 Å². The van der Waals surface area contributed by atoms with Gasteiger partial charge >= 0.3 is 0 Å². The lowest BCUT2D eigenvalue weighted by Gasteiger charge is -2.30. The van der Waals surface area contributed by atoms with Crippen molar-refractivity contribution in [3.05, 3.63) is 35.9 Å². The number of phenols is 2. The average molecular weight is 293 g/mol. The molecule has 108 valence electrons. The molecule has 0 aliphatic carbocycles. The molecule has 2 N–H and O–H groups in total. The summed E-state index contributed by atoms with van der Waals surface area (Å²) in [5.41, 5.74) is 0.0748. The number of aromatic hydroxyl groups is 2. The van der Waals surface area contributed by atoms with Gasteiger partial charge in [0.1, 0.15) is 5.75 Å². The molecular weight excluding hydrogens is 284 g/mol. The molecule has 2 aromatic rings. The van der Waals surface area contributed by atoms with Crippen LogP contribution < -0.4 is 9.64 Å². The Labute approximate surface area is 117 Å². The number of hydrogen-bond donors (Lipinski definition) is 2. The molecule has 21 heavy (non-hydrogen) atoms. The van der Waals surface area contributed by atoms with E-state index in [1.807, 2.05) is 0 Å². The van der Waals surface area contributed by atoms with Gasteiger partial charge in [-0.2, -0.15) is 4.39 Å². The average Bonchev–Trinajstić information content (AvgIpc) is 2.43. The SMILES string of the molecule is CC(=O)N1c2ccc(O)cc2Oc2c1cc(F)c(O)c2F. The first kappa shape index (κ1) is 13.2. The number of carbonyl (C=O) groups excluding carboxylic acids is 1. The molecule has 5 nitrogen and oxygen atoms in total. The second-order valence-corrected chi connectivity index (χ2v) is 4.48. The predicted molar refractivity (Wildman–Crippen MR) is 69.0 cm³/mol. The number of halogens is 2. The van der Waals surface area contributed by atoms with Crippen molar-refractivity contribution in [3.63, 3.8) is 0 Å². The summed E-state index contributed by atoms with van der Waals surface area (Å²) in [5.74, 6) is -4.83. The number of anilines is 2. The van der Waals surface area contributed by atoms with E-state index in [1.165, 1.54) is 25.1 Å². The summed E-state index contributed by atoms with van der Waals surface area (Å²) in [6, 6.07) is 4.70. The highest BCUT2D eigenvalue weighted by Gasteiger charge is 2.32. The van der Waals surface area contributed by atoms with Crippen LogP contribution in [0.5, 0.6) is 23.0 Å². The first-order valence-electron chi connectivity index (χ1n) is 5.92. The lowest BCUT2D eigenvalue weighted by atomic mass is 10.1. The van der Waals surface area contributed by atoms with Crippen molar-refractivity contribution in [1.29, 1.82) is 0 Å². The van der Waals surface area contributed by atoms with Crippen molar-refractivity contribution in [2.75, 3.05) is 4.90 Å². The van der Waals surface area contributed by atoms with Crippen LogP contribution in [-0.4, -0.2) is 16.1 Å². The zero-order chi connectivity index (χ0) is 15.3. The van der Waals surface area contributed by atoms with Crippen molar-refractivity contribution in [2.45, 2.75) is 6.92 Å². The zero-order valence-corrected chi connectivity index (χ0v) is 10.7. The summed E-state index contributed by atoms with van der Waals surface area (Å²) < 4.78 is 32.7. The summed E-state index contributed by atoms with van der Waals surface area (Å²) in [6.45, 7) is 1.22. The first-order valence-corrected chi connectivity index (χ1v) is 5.92. The second kappa shape index (κ2) is 4.34. The lowest BCUT2D eigenvalue weighted by molar-refractivity contribution is -0.115. The van der Waals surface area contributed by atoms with E-state index in [0.29, 0.717) is 0 Å². The smallest absolute Gasteiger partial charge is 0.228 e. The van der Waals surface area contributed by atoms with Crippen LogP contribution in [0, 0.1) is 11.6 Å². The zero-order valence-electron chi connectivity index (χ0n) is 10.7. The number of ether oxygens (including phenoxy) is 1. The minimum Gasteiger partial charge on any atom is -0.508 e. The van der Waals surface area contributed by atoms with Crippen LogP contribution in [0.1, 0.15) is 6.92 Å². The maximum atomic E-state index is 14.0. The van der Waals surface area contributed by atoms with Crippen molar-refractivity contribution >= 4 is 17.3 Å². The molecule has 0 unspecified atom stereocenters. The van der Waals surface area contributed by atoms with Gasteiger partial charge in [-0.05, 0) is 12.1 Å². The monoisotopic (exact) mass is 293 g/mol. The Bertz CT molecular complexity index is 776. The van der Waals surface area contributed by atoms with Gasteiger partial charge in [0.25, 0.3) is 0 Å². The molecule has 0 aromatic heterocycles. The lowest BCUT2D eigenvalue weighted by Crippen LogP contribution is -2.26. The van der Waals surface area contributed by atoms with Crippen LogP contribution in [-0.2, 0) is 4.79 Å². The van der Waals surface area contributed by atoms with Crippen molar-refractivity contribution in [1.82, 2.24) is 0 Å². The van der Waals surface area contributed by atoms with Crippen molar-refractivity contribution in [2.24, 2.45) is 0 Å². The van der Waals surface area contributed by atoms with Gasteiger partial charge in [-0.3, -0.25) is 9.69 Å². The molecule has 0 fully saturated rings. The van der Waals surface area contributed by atoms with Gasteiger partial charge in [0.2, 0.25) is 11.7 Å². The van der Waals surface area contributed by atoms with Crippen LogP contribution in [0.4, 0.5) is 20.2 Å². The van der Waals surface area contributed by atoms with Crippen molar-refractivity contribution < 1.29 is 28.5 Å². The molecular formula is C14H9F2NO4. The van der Waals surface area contributed by atoms with Gasteiger partial charge < -0.3 is 14.9 Å². The fourth-order valence-electron chi connectivity index (χ4n) is 2.19. The maximum absolute atomic E-state index is 14.0. The highest BCUT2D eigenvalue weighted by molar-refractivity contribution is 6.03. The van der Waals surface area contributed by atoms with E-state index in [-0.39, 0.29) is 22.9 Å². The molecule has 0 saturated carbocycles. The summed E-state index contributed by atoms with van der Waals surface area (Å²) in [5, 5.41) is 18.7. The summed E-state index contributed by atoms with van der Waals surface area (Å²) in [7, 11) is 0. The van der Waals surface area contributed by atoms with Gasteiger partial charge in [0, 0.05) is 19.1 Å². The number of carbonyl (C=O) groups is 1. The molecule has 0 spiro atoms. The quantitative estimate of drug-likeness (QED) is 0.782. The van der Waals surface area contributed by atoms with Crippen LogP contribution in [0.2, 0.25) is 0 Å². The number of phenolic OH excluding ortho intramolecular Hbond substituents is 2. The van der Waals surface area contributed by atoms with Gasteiger partial charge in [-0.25, -0.2) is 4.39 Å². The fourth-order valence-corrected chi connectivity index (χ4v) is 2.19. The largest absolute Gasteiger partial charge is 0.508 e. The third-order valence-corrected chi connectivity index (χ3v) is 3.08. The third-order valence-electron chi connectivity index (χ3n) is 3.08. The van der Waals surface area contributed by atoms with E-state index < -0.39 is 29.0 Å². The molecule has 1 heterocycles. The van der Waals surface area contributed by atoms with Crippen LogP contribution in [0.25, 0.3) is 0 Å². The van der Waals surface area contributed by atoms with Gasteiger partial charge in [-0.1, -0.05) is 0 Å². The van der Waals surface area contributed by atoms with Crippen molar-refractivity contribution in [3.8, 4) is 23.0 Å². The Hall–Kier alpha value is -2.83. The first-order chi connectivity index (χ1) is 9.90. The Balaban J connectivity index is 2.31. The summed E-state index contributed by atoms with van der Waals surface area (Å²) >= 11 is 0. The Kier molecular flexibility index (Phi) is 2.72. The van der Waals surface area contributed by atoms with Gasteiger partial charge in [0.15, 0.2) is 23.1 Å². The number of hydrogen-bond acceptors (Lipinski definition) is 4. The number of rotatable bonds is 0. The van der Waals surface area contributed by atoms with E-state index in [0.717, 1.165) is 11.0 Å². The third kappa shape index (κ3) is 1.85. The molecule has 0 radical (unpaired) electrons. The van der Waals surface area contributed by atoms with E-state index in [4.69, 9.17) is 4.74 Å². The Morgan fingerprint density at radius 1 is 1.19 bits per heavy atom. The predicted octanol–water partition coefficient (Wildman–Crippen LogP) is 3.17. The number of benzene rings is 2. The normalized spacial score (nSPS) is 12.4. The van der Waals surface area contributed by atoms with Gasteiger partial charge in [-0.15, -0.1) is 0 Å². The minimum atomic E-state index is -1.31. The van der Waals surface area contributed by atoms with Crippen LogP contribution >= 0.6 is 0 Å². The van der Waals surface area contributed by atoms with E-state index in [1.54, 1.807) is 0 Å². The standard InChI is InChI=1S/C14H9F2NO4/c1-6(18)17-9-3-2-7(19)4-11(9)21-14-10(17)5-8(15)13(20)12(14)16/h2-5,19-20H,1H3. The van der Waals surface area contributed by atoms with E-state index >= 15 is 0 Å². The summed E-state index contributed by atoms with van der Waals surface area (Å²) in [4.78, 5) is 12.9. The molecule has 0 bridgehead atoms. The van der Waals surface area contributed by atoms with Crippen LogP contribution in [0.3, 0.4) is 0 Å². The highest BCUT2D eigenvalue weighted by atomic mass is 19.1. The topological polar surface area (TPSA) is 70.0 Å². The Morgan fingerprint density at radius 2 is 1.90 bits per heavy atom. The molecule has 1 aliphatic rings. The molecule has 1 aliphatic heterocycles. The molecule has 7 heteroatoms. The van der Waals surface area contributed by atoms with Crippen LogP contribution in [0.15, 0.2) is 24.3 Å². The molecule has 2 aromatic carbocycles. The fraction of sp³-hybridized carbons (Fsp3) is 0.0714. The highest BCUT2D eigenvalue weighted by Crippen LogP contribution is 2.50. The number of nitrogens with zero attached hydrogens (tertiary/aromatic N) is 1. The number of amides is 1. The number of fused-ring (bicyclic) bond motifs is 2. The van der Waals surface area contributed by atoms with Gasteiger partial charge in [0.05, 0.1) is 11.4 Å². The molecule has 1 amide bonds. The molecule has 3 rings (SSSR count).